The lowest BCUT2D eigenvalue weighted by atomic mass is 9.71. The average Bonchev–Trinajstić information content (AvgIpc) is 3.31. The first-order valence-electron chi connectivity index (χ1n) is 11.6. The van der Waals surface area contributed by atoms with Gasteiger partial charge in [0, 0.05) is 24.0 Å². The van der Waals surface area contributed by atoms with E-state index < -0.39 is 0 Å². The van der Waals surface area contributed by atoms with Crippen molar-refractivity contribution in [1.29, 1.82) is 0 Å². The van der Waals surface area contributed by atoms with Crippen LogP contribution >= 0.6 is 23.5 Å². The molecule has 0 aromatic heterocycles. The van der Waals surface area contributed by atoms with Crippen molar-refractivity contribution in [3.05, 3.63) is 11.1 Å². The highest BCUT2D eigenvalue weighted by atomic mass is 32.2. The summed E-state index contributed by atoms with van der Waals surface area (Å²) >= 11 is 3.71. The molecule has 6 heteroatoms. The zero-order chi connectivity index (χ0) is 20.3. The van der Waals surface area contributed by atoms with E-state index in [2.05, 4.69) is 41.4 Å². The second kappa shape index (κ2) is 9.67. The van der Waals surface area contributed by atoms with Crippen molar-refractivity contribution in [2.75, 3.05) is 18.8 Å². The molecule has 0 atom stereocenters. The highest BCUT2D eigenvalue weighted by Crippen LogP contribution is 2.39. The number of thioether (sulfide) groups is 2. The SMILES string of the molecule is CC(C)(C)C1CCC(N=C(NC2CCCCC2)SCC2=CSC3=NCCN23)CC1. The third kappa shape index (κ3) is 5.75. The molecule has 1 N–H and O–H groups in total. The normalized spacial score (nSPS) is 28.9. The van der Waals surface area contributed by atoms with Crippen molar-refractivity contribution in [2.45, 2.75) is 90.6 Å². The summed E-state index contributed by atoms with van der Waals surface area (Å²) in [5.41, 5.74) is 1.85. The van der Waals surface area contributed by atoms with Gasteiger partial charge in [0.1, 0.15) is 0 Å². The van der Waals surface area contributed by atoms with Gasteiger partial charge in [0.2, 0.25) is 0 Å². The molecule has 0 aromatic rings. The number of hydrogen-bond donors (Lipinski definition) is 1. The molecule has 0 amide bonds. The van der Waals surface area contributed by atoms with Gasteiger partial charge in [-0.1, -0.05) is 63.6 Å². The Morgan fingerprint density at radius 3 is 2.66 bits per heavy atom. The summed E-state index contributed by atoms with van der Waals surface area (Å²) < 4.78 is 0. The van der Waals surface area contributed by atoms with Crippen LogP contribution in [-0.2, 0) is 0 Å². The van der Waals surface area contributed by atoms with Gasteiger partial charge in [0.15, 0.2) is 10.3 Å². The monoisotopic (exact) mass is 434 g/mol. The summed E-state index contributed by atoms with van der Waals surface area (Å²) in [6, 6.07) is 1.12. The number of nitrogens with one attached hydrogen (secondary N) is 1. The van der Waals surface area contributed by atoms with Crippen molar-refractivity contribution in [3.63, 3.8) is 0 Å². The molecule has 0 saturated heterocycles. The topological polar surface area (TPSA) is 40.0 Å². The highest BCUT2D eigenvalue weighted by molar-refractivity contribution is 8.17. The first kappa shape index (κ1) is 21.6. The molecule has 2 saturated carbocycles. The molecule has 0 aromatic carbocycles. The molecule has 4 aliphatic rings. The van der Waals surface area contributed by atoms with Gasteiger partial charge < -0.3 is 10.2 Å². The van der Waals surface area contributed by atoms with Crippen molar-refractivity contribution in [1.82, 2.24) is 10.2 Å². The molecule has 0 bridgehead atoms. The van der Waals surface area contributed by atoms with Gasteiger partial charge >= 0.3 is 0 Å². The predicted molar refractivity (Wildman–Crippen MR) is 130 cm³/mol. The summed E-state index contributed by atoms with van der Waals surface area (Å²) in [5, 5.41) is 8.54. The lowest BCUT2D eigenvalue weighted by Gasteiger charge is -2.36. The van der Waals surface area contributed by atoms with Gasteiger partial charge in [-0.05, 0) is 55.3 Å². The average molecular weight is 435 g/mol. The highest BCUT2D eigenvalue weighted by Gasteiger charge is 2.30. The Morgan fingerprint density at radius 1 is 1.17 bits per heavy atom. The van der Waals surface area contributed by atoms with Crippen LogP contribution < -0.4 is 5.32 Å². The minimum absolute atomic E-state index is 0.439. The van der Waals surface area contributed by atoms with Gasteiger partial charge in [-0.3, -0.25) is 9.98 Å². The lowest BCUT2D eigenvalue weighted by Crippen LogP contribution is -2.36. The van der Waals surface area contributed by atoms with Gasteiger partial charge in [-0.25, -0.2) is 0 Å². The summed E-state index contributed by atoms with van der Waals surface area (Å²) in [6.07, 6.45) is 11.9. The zero-order valence-corrected chi connectivity index (χ0v) is 20.1. The molecule has 4 nitrogen and oxygen atoms in total. The Morgan fingerprint density at radius 2 is 1.93 bits per heavy atom. The van der Waals surface area contributed by atoms with E-state index in [1.165, 1.54) is 73.8 Å². The lowest BCUT2D eigenvalue weighted by molar-refractivity contribution is 0.170. The van der Waals surface area contributed by atoms with Crippen molar-refractivity contribution in [2.24, 2.45) is 21.3 Å². The van der Waals surface area contributed by atoms with Crippen molar-refractivity contribution < 1.29 is 0 Å². The molecule has 2 aliphatic heterocycles. The fraction of sp³-hybridized carbons (Fsp3) is 0.826. The smallest absolute Gasteiger partial charge is 0.167 e. The standard InChI is InChI=1S/C23H38N4S2/c1-23(2,3)17-9-11-19(12-10-17)26-21(25-18-7-5-4-6-8-18)28-15-20-16-29-22-24-13-14-27(20)22/h16-19H,4-15H2,1-3H3,(H,25,26). The molecule has 2 fully saturated rings. The van der Waals surface area contributed by atoms with Crippen LogP contribution in [0.3, 0.4) is 0 Å². The van der Waals surface area contributed by atoms with Crippen LogP contribution in [0.15, 0.2) is 21.1 Å². The Hall–Kier alpha value is -0.620. The van der Waals surface area contributed by atoms with E-state index in [9.17, 15) is 0 Å². The molecule has 162 valence electrons. The van der Waals surface area contributed by atoms with E-state index in [0.717, 1.165) is 24.8 Å². The molecule has 29 heavy (non-hydrogen) atoms. The van der Waals surface area contributed by atoms with E-state index in [0.29, 0.717) is 17.5 Å². The predicted octanol–water partition coefficient (Wildman–Crippen LogP) is 5.86. The van der Waals surface area contributed by atoms with E-state index in [4.69, 9.17) is 4.99 Å². The van der Waals surface area contributed by atoms with Crippen LogP contribution in [0.2, 0.25) is 0 Å². The molecule has 4 rings (SSSR count). The maximum Gasteiger partial charge on any atom is 0.167 e. The second-order valence-electron chi connectivity index (χ2n) is 10.1. The quantitative estimate of drug-likeness (QED) is 0.444. The van der Waals surface area contributed by atoms with Crippen LogP contribution in [0.1, 0.15) is 78.6 Å². The van der Waals surface area contributed by atoms with Gasteiger partial charge in [0.25, 0.3) is 0 Å². The first-order chi connectivity index (χ1) is 14.0. The number of amidine groups is 2. The maximum absolute atomic E-state index is 5.28. The third-order valence-electron chi connectivity index (χ3n) is 6.96. The summed E-state index contributed by atoms with van der Waals surface area (Å²) in [4.78, 5) is 12.3. The molecule has 2 heterocycles. The Balaban J connectivity index is 1.37. The minimum Gasteiger partial charge on any atom is -0.362 e. The van der Waals surface area contributed by atoms with Gasteiger partial charge in [-0.15, -0.1) is 0 Å². The summed E-state index contributed by atoms with van der Waals surface area (Å²) in [6.45, 7) is 9.19. The number of fused-ring (bicyclic) bond motifs is 1. The number of aliphatic imine (C=N–C) groups is 2. The summed E-state index contributed by atoms with van der Waals surface area (Å²) in [7, 11) is 0. The number of rotatable bonds is 4. The fourth-order valence-corrected chi connectivity index (χ4v) is 7.06. The van der Waals surface area contributed by atoms with Crippen LogP contribution in [0.4, 0.5) is 0 Å². The minimum atomic E-state index is 0.439. The maximum atomic E-state index is 5.28. The van der Waals surface area contributed by atoms with Crippen LogP contribution in [0.5, 0.6) is 0 Å². The van der Waals surface area contributed by atoms with Crippen LogP contribution in [0, 0.1) is 11.3 Å². The molecule has 2 aliphatic carbocycles. The zero-order valence-electron chi connectivity index (χ0n) is 18.5. The first-order valence-corrected chi connectivity index (χ1v) is 13.5. The summed E-state index contributed by atoms with van der Waals surface area (Å²) in [5.74, 6) is 1.85. The number of nitrogens with zero attached hydrogens (tertiary/aromatic N) is 3. The Kier molecular flexibility index (Phi) is 7.21. The molecule has 0 unspecified atom stereocenters. The van der Waals surface area contributed by atoms with Crippen LogP contribution in [-0.4, -0.2) is 46.2 Å². The van der Waals surface area contributed by atoms with Gasteiger partial charge in [-0.2, -0.15) is 0 Å². The van der Waals surface area contributed by atoms with Gasteiger partial charge in [0.05, 0.1) is 12.6 Å². The fourth-order valence-electron chi connectivity index (χ4n) is 5.01. The third-order valence-corrected chi connectivity index (χ3v) is 8.85. The van der Waals surface area contributed by atoms with E-state index in [1.807, 2.05) is 11.8 Å². The van der Waals surface area contributed by atoms with Crippen molar-refractivity contribution in [3.8, 4) is 0 Å². The van der Waals surface area contributed by atoms with Crippen LogP contribution in [0.25, 0.3) is 0 Å². The van der Waals surface area contributed by atoms with E-state index in [-0.39, 0.29) is 0 Å². The molecule has 0 radical (unpaired) electrons. The van der Waals surface area contributed by atoms with E-state index >= 15 is 0 Å². The molecular formula is C23H38N4S2. The Bertz CT molecular complexity index is 650. The second-order valence-corrected chi connectivity index (χ2v) is 11.9. The molecular weight excluding hydrogens is 396 g/mol. The number of hydrogen-bond acceptors (Lipinski definition) is 5. The Labute approximate surface area is 185 Å². The molecule has 0 spiro atoms. The van der Waals surface area contributed by atoms with E-state index in [1.54, 1.807) is 11.8 Å². The largest absolute Gasteiger partial charge is 0.362 e. The van der Waals surface area contributed by atoms with Crippen molar-refractivity contribution >= 4 is 33.9 Å².